The molecule has 162 valence electrons. The zero-order valence-electron chi connectivity index (χ0n) is 17.7. The van der Waals surface area contributed by atoms with E-state index in [4.69, 9.17) is 4.74 Å². The van der Waals surface area contributed by atoms with Crippen LogP contribution in [0.25, 0.3) is 0 Å². The number of carbonyl (C=O) groups excluding carboxylic acids is 3. The highest BCUT2D eigenvalue weighted by molar-refractivity contribution is 6.09. The van der Waals surface area contributed by atoms with Crippen LogP contribution in [-0.2, 0) is 14.4 Å². The van der Waals surface area contributed by atoms with Gasteiger partial charge in [-0.15, -0.1) is 0 Å². The Morgan fingerprint density at radius 1 is 0.906 bits per heavy atom. The third-order valence-electron chi connectivity index (χ3n) is 7.45. The fourth-order valence-corrected chi connectivity index (χ4v) is 5.87. The lowest BCUT2D eigenvalue weighted by atomic mass is 9.63. The van der Waals surface area contributed by atoms with Gasteiger partial charge in [-0.3, -0.25) is 19.3 Å². The maximum atomic E-state index is 13.0. The van der Waals surface area contributed by atoms with E-state index in [2.05, 4.69) is 17.5 Å². The van der Waals surface area contributed by atoms with Crippen LogP contribution in [0.4, 0.5) is 5.69 Å². The zero-order valence-corrected chi connectivity index (χ0v) is 17.7. The van der Waals surface area contributed by atoms with E-state index in [1.807, 2.05) is 31.2 Å². The molecule has 2 aromatic rings. The summed E-state index contributed by atoms with van der Waals surface area (Å²) in [4.78, 5) is 39.8. The molecule has 6 nitrogen and oxygen atoms in total. The smallest absolute Gasteiger partial charge is 0.244 e. The number of aryl methyl sites for hydroxylation is 1. The number of benzene rings is 2. The SMILES string of the molecule is Cc1ccc(Oc2ccc(NC(=O)CN3C(=O)[C@@H]4[C@@H]5C=C[C@H]([C@H]6C[C@H]56)[C@@H]4C3=O)cc2)cc1. The van der Waals surface area contributed by atoms with Crippen molar-refractivity contribution in [2.45, 2.75) is 13.3 Å². The van der Waals surface area contributed by atoms with Crippen molar-refractivity contribution >= 4 is 23.4 Å². The van der Waals surface area contributed by atoms with Gasteiger partial charge >= 0.3 is 0 Å². The van der Waals surface area contributed by atoms with Gasteiger partial charge < -0.3 is 10.1 Å². The van der Waals surface area contributed by atoms with Crippen molar-refractivity contribution in [3.05, 3.63) is 66.2 Å². The average molecular weight is 428 g/mol. The summed E-state index contributed by atoms with van der Waals surface area (Å²) < 4.78 is 5.81. The van der Waals surface area contributed by atoms with Crippen LogP contribution in [-0.4, -0.2) is 29.2 Å². The molecule has 1 saturated heterocycles. The number of anilines is 1. The van der Waals surface area contributed by atoms with Crippen molar-refractivity contribution in [2.24, 2.45) is 35.5 Å². The molecule has 0 radical (unpaired) electrons. The highest BCUT2D eigenvalue weighted by atomic mass is 16.5. The molecule has 1 aliphatic heterocycles. The first-order valence-electron chi connectivity index (χ1n) is 11.2. The van der Waals surface area contributed by atoms with Gasteiger partial charge in [-0.25, -0.2) is 0 Å². The van der Waals surface area contributed by atoms with E-state index in [1.54, 1.807) is 24.3 Å². The molecule has 32 heavy (non-hydrogen) atoms. The Labute approximate surface area is 186 Å². The van der Waals surface area contributed by atoms with Gasteiger partial charge in [0.25, 0.3) is 0 Å². The minimum Gasteiger partial charge on any atom is -0.457 e. The highest BCUT2D eigenvalue weighted by Crippen LogP contribution is 2.65. The Morgan fingerprint density at radius 2 is 1.44 bits per heavy atom. The quantitative estimate of drug-likeness (QED) is 0.581. The zero-order chi connectivity index (χ0) is 22.0. The second kappa shape index (κ2) is 7.05. The molecule has 3 amide bonds. The van der Waals surface area contributed by atoms with Gasteiger partial charge in [-0.1, -0.05) is 29.8 Å². The molecule has 7 rings (SSSR count). The van der Waals surface area contributed by atoms with E-state index in [0.29, 0.717) is 23.3 Å². The highest BCUT2D eigenvalue weighted by Gasteiger charge is 2.67. The topological polar surface area (TPSA) is 75.7 Å². The summed E-state index contributed by atoms with van der Waals surface area (Å²) >= 11 is 0. The van der Waals surface area contributed by atoms with Crippen molar-refractivity contribution in [2.75, 3.05) is 11.9 Å². The predicted octanol–water partition coefficient (Wildman–Crippen LogP) is 3.78. The number of carbonyl (C=O) groups is 3. The normalized spacial score (nSPS) is 31.3. The minimum absolute atomic E-state index is 0.167. The Kier molecular flexibility index (Phi) is 4.25. The van der Waals surface area contributed by atoms with E-state index in [1.165, 1.54) is 4.90 Å². The molecular weight excluding hydrogens is 404 g/mol. The summed E-state index contributed by atoms with van der Waals surface area (Å²) in [7, 11) is 0. The maximum Gasteiger partial charge on any atom is 0.244 e. The lowest BCUT2D eigenvalue weighted by Crippen LogP contribution is -2.40. The lowest BCUT2D eigenvalue weighted by Gasteiger charge is -2.37. The third-order valence-corrected chi connectivity index (χ3v) is 7.45. The van der Waals surface area contributed by atoms with Gasteiger partial charge in [0.1, 0.15) is 18.0 Å². The molecule has 4 aliphatic carbocycles. The maximum absolute atomic E-state index is 13.0. The predicted molar refractivity (Wildman–Crippen MR) is 118 cm³/mol. The Bertz CT molecular complexity index is 1100. The van der Waals surface area contributed by atoms with E-state index >= 15 is 0 Å². The summed E-state index contributed by atoms with van der Waals surface area (Å²) in [6.07, 6.45) is 5.39. The van der Waals surface area contributed by atoms with Gasteiger partial charge in [-0.05, 0) is 73.4 Å². The van der Waals surface area contributed by atoms with Crippen LogP contribution in [0.1, 0.15) is 12.0 Å². The number of nitrogens with one attached hydrogen (secondary N) is 1. The molecule has 3 fully saturated rings. The second-order valence-electron chi connectivity index (χ2n) is 9.40. The van der Waals surface area contributed by atoms with E-state index in [9.17, 15) is 14.4 Å². The van der Waals surface area contributed by atoms with Gasteiger partial charge in [0, 0.05) is 5.69 Å². The molecule has 6 atom stereocenters. The lowest BCUT2D eigenvalue weighted by molar-refractivity contribution is -0.142. The minimum atomic E-state index is -0.372. The van der Waals surface area contributed by atoms with Crippen LogP contribution in [0.15, 0.2) is 60.7 Å². The molecular formula is C26H24N2O4. The molecule has 0 aromatic heterocycles. The van der Waals surface area contributed by atoms with Crippen LogP contribution in [0.5, 0.6) is 11.5 Å². The fourth-order valence-electron chi connectivity index (χ4n) is 5.87. The monoisotopic (exact) mass is 428 g/mol. The van der Waals surface area contributed by atoms with Crippen LogP contribution in [0, 0.1) is 42.4 Å². The van der Waals surface area contributed by atoms with Crippen molar-refractivity contribution in [1.82, 2.24) is 4.90 Å². The van der Waals surface area contributed by atoms with E-state index < -0.39 is 0 Å². The van der Waals surface area contributed by atoms with Crippen LogP contribution < -0.4 is 10.1 Å². The van der Waals surface area contributed by atoms with Gasteiger partial charge in [0.05, 0.1) is 11.8 Å². The Hall–Kier alpha value is -3.41. The van der Waals surface area contributed by atoms with E-state index in [0.717, 1.165) is 17.7 Å². The van der Waals surface area contributed by atoms with Gasteiger partial charge in [0.15, 0.2) is 0 Å². The first-order chi connectivity index (χ1) is 15.5. The number of amides is 3. The molecule has 1 N–H and O–H groups in total. The number of likely N-dealkylation sites (tertiary alicyclic amines) is 1. The average Bonchev–Trinajstić information content (AvgIpc) is 3.58. The molecule has 2 bridgehead atoms. The molecule has 2 saturated carbocycles. The second-order valence-corrected chi connectivity index (χ2v) is 9.40. The van der Waals surface area contributed by atoms with Crippen LogP contribution >= 0.6 is 0 Å². The molecule has 0 unspecified atom stereocenters. The van der Waals surface area contributed by atoms with Crippen LogP contribution in [0.2, 0.25) is 0 Å². The number of hydrogen-bond donors (Lipinski definition) is 1. The van der Waals surface area contributed by atoms with Crippen molar-refractivity contribution in [1.29, 1.82) is 0 Å². The largest absolute Gasteiger partial charge is 0.457 e. The summed E-state index contributed by atoms with van der Waals surface area (Å²) in [5, 5.41) is 2.79. The molecule has 1 heterocycles. The third kappa shape index (κ3) is 3.05. The van der Waals surface area contributed by atoms with Crippen molar-refractivity contribution in [3.63, 3.8) is 0 Å². The van der Waals surface area contributed by atoms with Gasteiger partial charge in [0.2, 0.25) is 17.7 Å². The summed E-state index contributed by atoms with van der Waals surface area (Å²) in [5.74, 6) is 1.56. The molecule has 6 heteroatoms. The number of hydrogen-bond acceptors (Lipinski definition) is 4. The fraction of sp³-hybridized carbons (Fsp3) is 0.346. The molecule has 0 spiro atoms. The van der Waals surface area contributed by atoms with Crippen molar-refractivity contribution < 1.29 is 19.1 Å². The summed E-state index contributed by atoms with van der Waals surface area (Å²) in [6, 6.07) is 14.8. The number of allylic oxidation sites excluding steroid dienone is 2. The standard InChI is InChI=1S/C26H24N2O4/c1-14-2-6-16(7-3-14)32-17-8-4-15(5-9-17)27-22(29)13-28-25(30)23-18-10-11-19(21-12-20(18)21)24(23)26(28)31/h2-11,18-21,23-24H,12-13H2,1H3,(H,27,29)/t18-,19-,20-,21-,23-,24+/m1/s1. The van der Waals surface area contributed by atoms with Gasteiger partial charge in [-0.2, -0.15) is 0 Å². The number of imide groups is 1. The molecule has 2 aromatic carbocycles. The van der Waals surface area contributed by atoms with Crippen LogP contribution in [0.3, 0.4) is 0 Å². The summed E-state index contributed by atoms with van der Waals surface area (Å²) in [5.41, 5.74) is 1.75. The number of nitrogens with zero attached hydrogens (tertiary/aromatic N) is 1. The molecule has 5 aliphatic rings. The first kappa shape index (κ1) is 19.3. The van der Waals surface area contributed by atoms with E-state index in [-0.39, 0.29) is 47.9 Å². The van der Waals surface area contributed by atoms with Crippen molar-refractivity contribution in [3.8, 4) is 11.5 Å². The first-order valence-corrected chi connectivity index (χ1v) is 11.2. The number of ether oxygens (including phenoxy) is 1. The Balaban J connectivity index is 1.09. The summed E-state index contributed by atoms with van der Waals surface area (Å²) in [6.45, 7) is 1.78. The Morgan fingerprint density at radius 3 is 2.00 bits per heavy atom. The number of rotatable bonds is 5.